The van der Waals surface area contributed by atoms with E-state index in [1.54, 1.807) is 17.3 Å². The summed E-state index contributed by atoms with van der Waals surface area (Å²) >= 11 is 6.08. The molecule has 3 aromatic carbocycles. The predicted molar refractivity (Wildman–Crippen MR) is 175 cm³/mol. The summed E-state index contributed by atoms with van der Waals surface area (Å²) in [6.07, 6.45) is 5.09. The van der Waals surface area contributed by atoms with E-state index < -0.39 is 0 Å². The number of amides is 1. The second kappa shape index (κ2) is 14.1. The minimum Gasteiger partial charge on any atom is -0.451 e. The van der Waals surface area contributed by atoms with Crippen molar-refractivity contribution in [3.05, 3.63) is 119 Å². The van der Waals surface area contributed by atoms with E-state index in [0.29, 0.717) is 23.1 Å². The van der Waals surface area contributed by atoms with E-state index in [4.69, 9.17) is 16.0 Å². The fourth-order valence-electron chi connectivity index (χ4n) is 5.17. The molecule has 220 valence electrons. The molecule has 43 heavy (non-hydrogen) atoms. The van der Waals surface area contributed by atoms with Crippen molar-refractivity contribution in [1.29, 1.82) is 0 Å². The summed E-state index contributed by atoms with van der Waals surface area (Å²) in [7, 11) is 0. The summed E-state index contributed by atoms with van der Waals surface area (Å²) in [5, 5.41) is 4.04. The lowest BCUT2D eigenvalue weighted by Crippen LogP contribution is -2.43. The van der Waals surface area contributed by atoms with E-state index in [1.807, 2.05) is 87.5 Å². The SMILES string of the molecule is CC.Cc1cc(-c2ccc(Cl)cc2)oc1C(=O)N(Cc1ccccc1-c1cncnc1)c1ccc(N2CCNCC2)cc1. The van der Waals surface area contributed by atoms with Gasteiger partial charge in [0.25, 0.3) is 5.91 Å². The van der Waals surface area contributed by atoms with Crippen LogP contribution < -0.4 is 15.1 Å². The highest BCUT2D eigenvalue weighted by Crippen LogP contribution is 2.32. The molecule has 1 aliphatic rings. The number of carbonyl (C=O) groups is 1. The highest BCUT2D eigenvalue weighted by Gasteiger charge is 2.26. The van der Waals surface area contributed by atoms with Gasteiger partial charge in [-0.05, 0) is 72.6 Å². The number of furan rings is 1. The van der Waals surface area contributed by atoms with Crippen LogP contribution in [0.15, 0.2) is 102 Å². The molecular formula is C35H36ClN5O2. The van der Waals surface area contributed by atoms with Crippen LogP contribution in [0.5, 0.6) is 0 Å². The van der Waals surface area contributed by atoms with Gasteiger partial charge in [-0.15, -0.1) is 0 Å². The number of nitrogens with zero attached hydrogens (tertiary/aromatic N) is 4. The van der Waals surface area contributed by atoms with E-state index in [1.165, 1.54) is 6.33 Å². The van der Waals surface area contributed by atoms with Gasteiger partial charge in [0.2, 0.25) is 0 Å². The maximum Gasteiger partial charge on any atom is 0.294 e. The van der Waals surface area contributed by atoms with Crippen LogP contribution in [0, 0.1) is 6.92 Å². The van der Waals surface area contributed by atoms with Crippen molar-refractivity contribution in [3.63, 3.8) is 0 Å². The average Bonchev–Trinajstić information content (AvgIpc) is 3.47. The molecule has 3 heterocycles. The lowest BCUT2D eigenvalue weighted by atomic mass is 10.0. The lowest BCUT2D eigenvalue weighted by Gasteiger charge is -2.30. The Labute approximate surface area is 258 Å². The van der Waals surface area contributed by atoms with E-state index in [0.717, 1.165) is 65.4 Å². The smallest absolute Gasteiger partial charge is 0.294 e. The zero-order chi connectivity index (χ0) is 30.2. The number of rotatable bonds is 7. The predicted octanol–water partition coefficient (Wildman–Crippen LogP) is 7.65. The number of benzene rings is 3. The molecule has 0 aliphatic carbocycles. The standard InChI is InChI=1S/C33H30ClN5O2.C2H6/c1-23-18-31(24-6-8-27(34)9-7-24)41-32(23)33(40)39(29-12-10-28(11-13-29)38-16-14-35-15-17-38)21-25-4-2-3-5-30(25)26-19-36-22-37-20-26;1-2/h2-13,18-20,22,35H,14-17,21H2,1H3;1-2H3. The summed E-state index contributed by atoms with van der Waals surface area (Å²) in [5.41, 5.74) is 6.40. The summed E-state index contributed by atoms with van der Waals surface area (Å²) < 4.78 is 6.21. The number of aromatic nitrogens is 2. The van der Waals surface area contributed by atoms with Crippen molar-refractivity contribution in [2.45, 2.75) is 27.3 Å². The van der Waals surface area contributed by atoms with Crippen molar-refractivity contribution in [1.82, 2.24) is 15.3 Å². The molecule has 1 N–H and O–H groups in total. The molecule has 1 aliphatic heterocycles. The van der Waals surface area contributed by atoms with Gasteiger partial charge in [0.1, 0.15) is 12.1 Å². The lowest BCUT2D eigenvalue weighted by molar-refractivity contribution is 0.0958. The molecule has 2 aromatic heterocycles. The van der Waals surface area contributed by atoms with Crippen LogP contribution in [0.1, 0.15) is 35.5 Å². The zero-order valence-electron chi connectivity index (χ0n) is 24.8. The minimum atomic E-state index is -0.211. The second-order valence-corrected chi connectivity index (χ2v) is 10.5. The Hall–Kier alpha value is -4.46. The third-order valence-corrected chi connectivity index (χ3v) is 7.60. The quantitative estimate of drug-likeness (QED) is 0.209. The molecule has 6 rings (SSSR count). The van der Waals surface area contributed by atoms with Crippen molar-refractivity contribution in [2.75, 3.05) is 36.0 Å². The molecule has 0 radical (unpaired) electrons. The molecular weight excluding hydrogens is 558 g/mol. The highest BCUT2D eigenvalue weighted by molar-refractivity contribution is 6.30. The maximum atomic E-state index is 14.3. The molecule has 0 saturated carbocycles. The van der Waals surface area contributed by atoms with Crippen LogP contribution in [0.3, 0.4) is 0 Å². The molecule has 5 aromatic rings. The summed E-state index contributed by atoms with van der Waals surface area (Å²) in [6.45, 7) is 10.1. The Balaban J connectivity index is 0.00000180. The second-order valence-electron chi connectivity index (χ2n) is 10.1. The summed E-state index contributed by atoms with van der Waals surface area (Å²) in [4.78, 5) is 26.8. The molecule has 1 amide bonds. The number of piperazine rings is 1. The first-order valence-electron chi connectivity index (χ1n) is 14.6. The Kier molecular flexibility index (Phi) is 9.87. The van der Waals surface area contributed by atoms with Crippen LogP contribution in [0.25, 0.3) is 22.5 Å². The molecule has 0 unspecified atom stereocenters. The molecule has 1 fully saturated rings. The third-order valence-electron chi connectivity index (χ3n) is 7.35. The summed E-state index contributed by atoms with van der Waals surface area (Å²) in [5.74, 6) is 0.719. The number of aryl methyl sites for hydroxylation is 1. The van der Waals surface area contributed by atoms with E-state index >= 15 is 0 Å². The first kappa shape index (κ1) is 30.0. The van der Waals surface area contributed by atoms with Crippen LogP contribution in [-0.2, 0) is 6.54 Å². The van der Waals surface area contributed by atoms with Gasteiger partial charge >= 0.3 is 0 Å². The number of hydrogen-bond donors (Lipinski definition) is 1. The van der Waals surface area contributed by atoms with E-state index in [2.05, 4.69) is 32.3 Å². The molecule has 0 bridgehead atoms. The first-order valence-corrected chi connectivity index (χ1v) is 15.0. The van der Waals surface area contributed by atoms with Gasteiger partial charge < -0.3 is 19.5 Å². The van der Waals surface area contributed by atoms with Gasteiger partial charge in [0.05, 0.1) is 6.54 Å². The highest BCUT2D eigenvalue weighted by atomic mass is 35.5. The van der Waals surface area contributed by atoms with Crippen LogP contribution in [-0.4, -0.2) is 42.1 Å². The monoisotopic (exact) mass is 593 g/mol. The van der Waals surface area contributed by atoms with Gasteiger partial charge in [-0.2, -0.15) is 0 Å². The van der Waals surface area contributed by atoms with Crippen molar-refractivity contribution in [3.8, 4) is 22.5 Å². The fourth-order valence-corrected chi connectivity index (χ4v) is 5.29. The van der Waals surface area contributed by atoms with Crippen molar-refractivity contribution < 1.29 is 9.21 Å². The van der Waals surface area contributed by atoms with Gasteiger partial charge in [-0.1, -0.05) is 49.7 Å². The van der Waals surface area contributed by atoms with E-state index in [-0.39, 0.29) is 5.91 Å². The molecule has 8 heteroatoms. The van der Waals surface area contributed by atoms with Gasteiger partial charge in [-0.25, -0.2) is 9.97 Å². The zero-order valence-corrected chi connectivity index (χ0v) is 25.5. The molecule has 0 atom stereocenters. The Morgan fingerprint density at radius 3 is 2.30 bits per heavy atom. The number of hydrogen-bond acceptors (Lipinski definition) is 6. The number of halogens is 1. The van der Waals surface area contributed by atoms with Crippen LogP contribution >= 0.6 is 11.6 Å². The van der Waals surface area contributed by atoms with Crippen LogP contribution in [0.2, 0.25) is 5.02 Å². The molecule has 1 saturated heterocycles. The van der Waals surface area contributed by atoms with Gasteiger partial charge in [-0.3, -0.25) is 4.79 Å². The first-order chi connectivity index (χ1) is 21.1. The average molecular weight is 594 g/mol. The van der Waals surface area contributed by atoms with Crippen molar-refractivity contribution in [2.24, 2.45) is 0 Å². The molecule has 7 nitrogen and oxygen atoms in total. The number of nitrogens with one attached hydrogen (secondary N) is 1. The van der Waals surface area contributed by atoms with Gasteiger partial charge in [0, 0.05) is 71.7 Å². The normalized spacial score (nSPS) is 12.8. The largest absolute Gasteiger partial charge is 0.451 e. The number of anilines is 2. The molecule has 0 spiro atoms. The number of carbonyl (C=O) groups excluding carboxylic acids is 1. The van der Waals surface area contributed by atoms with E-state index in [9.17, 15) is 4.79 Å². The van der Waals surface area contributed by atoms with Crippen LogP contribution in [0.4, 0.5) is 11.4 Å². The van der Waals surface area contributed by atoms with Crippen molar-refractivity contribution >= 4 is 28.9 Å². The topological polar surface area (TPSA) is 74.5 Å². The Morgan fingerprint density at radius 1 is 0.930 bits per heavy atom. The Morgan fingerprint density at radius 2 is 1.60 bits per heavy atom. The summed E-state index contributed by atoms with van der Waals surface area (Å²) in [6, 6.07) is 25.5. The van der Waals surface area contributed by atoms with Gasteiger partial charge in [0.15, 0.2) is 5.76 Å². The fraction of sp³-hybridized carbons (Fsp3) is 0.229. The third kappa shape index (κ3) is 6.96. The maximum absolute atomic E-state index is 14.3. The Bertz CT molecular complexity index is 1630. The minimum absolute atomic E-state index is 0.211.